The van der Waals surface area contributed by atoms with E-state index in [9.17, 15) is 33.6 Å². The lowest BCUT2D eigenvalue weighted by atomic mass is 9.90. The molecule has 4 aliphatic heterocycles. The maximum absolute atomic E-state index is 12.0. The van der Waals surface area contributed by atoms with E-state index in [1.807, 2.05) is 86.6 Å². The third-order valence-electron chi connectivity index (χ3n) is 24.2. The van der Waals surface area contributed by atoms with Gasteiger partial charge < -0.3 is 99.9 Å². The lowest BCUT2D eigenvalue weighted by molar-refractivity contribution is -0.128. The van der Waals surface area contributed by atoms with E-state index in [-0.39, 0.29) is 95.3 Å². The molecule has 0 spiro atoms. The Morgan fingerprint density at radius 2 is 0.535 bits per heavy atom. The minimum Gasteiger partial charge on any atom is -0.495 e. The molecule has 8 atom stereocenters. The molecule has 144 heavy (non-hydrogen) atoms. The molecule has 0 aliphatic carbocycles. The summed E-state index contributed by atoms with van der Waals surface area (Å²) in [6.45, 7) is 25.3. The summed E-state index contributed by atoms with van der Waals surface area (Å²) in [7, 11) is 12.2. The van der Waals surface area contributed by atoms with Gasteiger partial charge in [0.1, 0.15) is 46.0 Å². The highest BCUT2D eigenvalue weighted by Gasteiger charge is 2.41. The number of rotatable bonds is 28. The molecule has 16 rings (SSSR count). The van der Waals surface area contributed by atoms with Crippen molar-refractivity contribution in [3.8, 4) is 90.5 Å². The summed E-state index contributed by atoms with van der Waals surface area (Å²) in [6.07, 6.45) is 12.3. The molecule has 2 unspecified atom stereocenters. The van der Waals surface area contributed by atoms with E-state index in [4.69, 9.17) is 135 Å². The molecule has 7 amide bonds. The highest BCUT2D eigenvalue weighted by Crippen LogP contribution is 2.51. The molecular formula is C101H103Cl8N19O16. The van der Waals surface area contributed by atoms with Crippen molar-refractivity contribution in [1.82, 2.24) is 75.8 Å². The molecule has 8 heterocycles. The third kappa shape index (κ3) is 24.8. The highest BCUT2D eigenvalue weighted by atomic mass is 35.5. The molecule has 4 aromatic heterocycles. The van der Waals surface area contributed by atoms with Crippen molar-refractivity contribution in [2.45, 2.75) is 95.0 Å². The van der Waals surface area contributed by atoms with Gasteiger partial charge in [-0.2, -0.15) is 0 Å². The molecule has 0 bridgehead atoms. The quantitative estimate of drug-likeness (QED) is 0.0211. The Morgan fingerprint density at radius 3 is 0.743 bits per heavy atom. The third-order valence-corrected chi connectivity index (χ3v) is 27.2. The van der Waals surface area contributed by atoms with Crippen LogP contribution >= 0.6 is 92.8 Å². The Kier molecular flexibility index (Phi) is 35.6. The Morgan fingerprint density at radius 1 is 0.326 bits per heavy atom. The minimum atomic E-state index is -0.358. The number of likely N-dealkylation sites (tertiary alicyclic amines) is 3. The average Bonchev–Trinajstić information content (AvgIpc) is 0.948. The van der Waals surface area contributed by atoms with Crippen LogP contribution in [0.3, 0.4) is 0 Å². The van der Waals surface area contributed by atoms with Crippen molar-refractivity contribution in [1.29, 1.82) is 0 Å². The Balaban J connectivity index is 0.000000161. The molecular weight excluding hydrogens is 2020 g/mol. The van der Waals surface area contributed by atoms with E-state index in [1.165, 1.54) is 102 Å². The molecule has 8 aromatic carbocycles. The monoisotopic (exact) mass is 2120 g/mol. The van der Waals surface area contributed by atoms with Crippen LogP contribution in [-0.2, 0) is 38.3 Å². The first-order valence-electron chi connectivity index (χ1n) is 44.6. The second kappa shape index (κ2) is 47.6. The van der Waals surface area contributed by atoms with Crippen LogP contribution < -0.4 is 80.4 Å². The van der Waals surface area contributed by atoms with Crippen molar-refractivity contribution in [2.75, 3.05) is 124 Å². The Bertz CT molecular complexity index is 6390. The number of nitrogens with zero attached hydrogens (tertiary/aromatic N) is 11. The molecule has 43 heteroatoms. The first-order valence-corrected chi connectivity index (χ1v) is 47.6. The average molecular weight is 2120 g/mol. The molecule has 0 radical (unpaired) electrons. The van der Waals surface area contributed by atoms with Gasteiger partial charge in [0.2, 0.25) is 65.1 Å². The lowest BCUT2D eigenvalue weighted by Gasteiger charge is -2.41. The van der Waals surface area contributed by atoms with Gasteiger partial charge in [0.15, 0.2) is 0 Å². The molecule has 12 aromatic rings. The lowest BCUT2D eigenvalue weighted by Crippen LogP contribution is -2.56. The molecule has 4 aliphatic rings. The van der Waals surface area contributed by atoms with E-state index in [0.717, 1.165) is 49.3 Å². The second-order valence-corrected chi connectivity index (χ2v) is 36.9. The predicted molar refractivity (Wildman–Crippen MR) is 562 cm³/mol. The minimum absolute atomic E-state index is 0.0735. The van der Waals surface area contributed by atoms with Crippen molar-refractivity contribution in [3.05, 3.63) is 213 Å². The van der Waals surface area contributed by atoms with Crippen LogP contribution in [-0.4, -0.2) is 253 Å². The Labute approximate surface area is 869 Å². The van der Waals surface area contributed by atoms with E-state index in [0.29, 0.717) is 201 Å². The second-order valence-electron chi connectivity index (χ2n) is 33.8. The molecule has 4 saturated heterocycles. The molecule has 754 valence electrons. The number of carbonyl (C=O) groups is 7. The number of hydrogen-bond donors (Lipinski definition) is 8. The predicted octanol–water partition coefficient (Wildman–Crippen LogP) is 17.1. The molecule has 4 fully saturated rings. The van der Waals surface area contributed by atoms with Gasteiger partial charge in [0.25, 0.3) is 0 Å². The number of halogens is 8. The van der Waals surface area contributed by atoms with E-state index in [1.54, 1.807) is 63.8 Å². The number of aromatic nitrogens is 8. The van der Waals surface area contributed by atoms with Gasteiger partial charge in [0, 0.05) is 153 Å². The zero-order valence-electron chi connectivity index (χ0n) is 80.4. The number of fused-ring (bicyclic) bond motifs is 4. The maximum atomic E-state index is 12.0. The van der Waals surface area contributed by atoms with Crippen LogP contribution in [0.5, 0.6) is 46.0 Å². The van der Waals surface area contributed by atoms with Crippen LogP contribution in [0.1, 0.15) is 41.0 Å². The molecule has 8 N–H and O–H groups in total. The van der Waals surface area contributed by atoms with Crippen molar-refractivity contribution in [3.63, 3.8) is 0 Å². The topological polar surface area (TPSA) is 412 Å². The summed E-state index contributed by atoms with van der Waals surface area (Å²) in [5.41, 5.74) is 7.78. The zero-order chi connectivity index (χ0) is 104. The number of methoxy groups -OCH3 is 8. The Hall–Kier alpha value is -13.8. The fourth-order valence-electron chi connectivity index (χ4n) is 16.7. The van der Waals surface area contributed by atoms with Crippen LogP contribution in [0.4, 0.5) is 23.8 Å². The van der Waals surface area contributed by atoms with Crippen LogP contribution in [0.2, 0.25) is 40.2 Å². The maximum Gasteiger partial charge on any atom is 0.243 e. The van der Waals surface area contributed by atoms with Crippen molar-refractivity contribution < 1.29 is 76.2 Å². The van der Waals surface area contributed by atoms with E-state index >= 15 is 0 Å². The van der Waals surface area contributed by atoms with Crippen LogP contribution in [0.15, 0.2) is 172 Å². The van der Waals surface area contributed by atoms with Gasteiger partial charge in [0.05, 0.1) is 180 Å². The molecule has 35 nitrogen and oxygen atoms in total. The standard InChI is InChI=1S/C26H28Cl2N4O4.3C25H25Cl2N5O4/c1-6-21(33)30-17-11-26(2,3)36-13-18(17)32-25-29-12-15-9-14(7-8-16(15)31-25)22-23(27)19(34-4)10-20(35-5)24(22)28;3*1-5-21(34)29-17-11-32(13(2)33)12-18(17)31-25-28-10-15-8-14(6-7-16(15)30-25)22-23(26)19(35-3)9-20(36-4)24(22)27/h6-10,12,17-18H,1,11,13H2,2-5H3,(H,30,33)(H,29,31,32);3*5-10,17-18H,1,11-12H2,2-4H3,(H,29,34)(H,28,30,31)/t3*17-,18+;/m110./s1. The first-order chi connectivity index (χ1) is 68.9. The number of anilines is 4. The largest absolute Gasteiger partial charge is 0.495 e. The summed E-state index contributed by atoms with van der Waals surface area (Å²) in [4.78, 5) is 125. The fourth-order valence-corrected chi connectivity index (χ4v) is 19.6. The van der Waals surface area contributed by atoms with Gasteiger partial charge >= 0.3 is 0 Å². The molecule has 0 saturated carbocycles. The smallest absolute Gasteiger partial charge is 0.243 e. The summed E-state index contributed by atoms with van der Waals surface area (Å²) in [6, 6.07) is 26.8. The highest BCUT2D eigenvalue weighted by molar-refractivity contribution is 6.43. The van der Waals surface area contributed by atoms with Gasteiger partial charge in [-0.1, -0.05) is 143 Å². The zero-order valence-corrected chi connectivity index (χ0v) is 86.5. The number of carbonyl (C=O) groups excluding carboxylic acids is 7. The number of ether oxygens (including phenoxy) is 9. The SMILES string of the molecule is C=CC(=O)NC1CN(C(C)=O)CC1Nc1ncc2cc(-c3c(Cl)c(OC)cc(OC)c3Cl)ccc2n1.C=CC(=O)N[C@@H]1CC(C)(C)OC[C@@H]1Nc1ncc2cc(-c3c(Cl)c(OC)cc(OC)c3Cl)ccc2n1.C=CC(=O)N[C@@H]1CN(C(C)=O)C[C@@H]1Nc1ncc2cc(-c3c(Cl)c(OC)cc(OC)c3Cl)ccc2n1.C=CC(=O)N[C@H]1CN(C(C)=O)C[C@H]1Nc1ncc2cc(-c3c(Cl)c(OC)cc(OC)c3Cl)ccc2n1. The summed E-state index contributed by atoms with van der Waals surface area (Å²) < 4.78 is 49.0. The van der Waals surface area contributed by atoms with Gasteiger partial charge in [-0.25, -0.2) is 39.9 Å². The van der Waals surface area contributed by atoms with Crippen LogP contribution in [0, 0.1) is 0 Å². The number of hydrogen-bond acceptors (Lipinski definition) is 28. The van der Waals surface area contributed by atoms with Gasteiger partial charge in [-0.3, -0.25) is 33.6 Å². The first kappa shape index (κ1) is 108. The van der Waals surface area contributed by atoms with Gasteiger partial charge in [-0.15, -0.1) is 0 Å². The normalized spacial score (nSPS) is 17.5. The number of amides is 7. The number of nitrogens with one attached hydrogen (secondary N) is 8. The van der Waals surface area contributed by atoms with Gasteiger partial charge in [-0.05, 0) is 115 Å². The summed E-state index contributed by atoms with van der Waals surface area (Å²) in [5, 5.41) is 30.7. The van der Waals surface area contributed by atoms with E-state index < -0.39 is 0 Å². The van der Waals surface area contributed by atoms with E-state index in [2.05, 4.69) is 109 Å². The summed E-state index contributed by atoms with van der Waals surface area (Å²) in [5.74, 6) is 3.75. The van der Waals surface area contributed by atoms with Crippen LogP contribution in [0.25, 0.3) is 88.1 Å². The number of benzene rings is 8. The van der Waals surface area contributed by atoms with Crippen molar-refractivity contribution in [2.24, 2.45) is 0 Å². The van der Waals surface area contributed by atoms with Crippen molar-refractivity contribution >= 4 is 202 Å². The summed E-state index contributed by atoms with van der Waals surface area (Å²) >= 11 is 52.6. The fraction of sp³-hybridized carbons (Fsp3) is 0.297.